The number of nitrogens with zero attached hydrogens (tertiary/aromatic N) is 9. The van der Waals surface area contributed by atoms with Crippen LogP contribution in [0.25, 0.3) is 28.4 Å². The zero-order chi connectivity index (χ0) is 30.8. The van der Waals surface area contributed by atoms with Gasteiger partial charge in [0.2, 0.25) is 5.91 Å². The van der Waals surface area contributed by atoms with Crippen molar-refractivity contribution in [3.8, 4) is 28.8 Å². The number of imidazole rings is 1. The van der Waals surface area contributed by atoms with E-state index >= 15 is 4.39 Å². The summed E-state index contributed by atoms with van der Waals surface area (Å²) < 4.78 is 32.1. The lowest BCUT2D eigenvalue weighted by molar-refractivity contribution is -0.131. The Hall–Kier alpha value is -4.70. The third kappa shape index (κ3) is 6.03. The number of rotatable bonds is 7. The van der Waals surface area contributed by atoms with Crippen LogP contribution in [0.2, 0.25) is 0 Å². The van der Waals surface area contributed by atoms with E-state index in [0.717, 1.165) is 31.7 Å². The first-order valence-corrected chi connectivity index (χ1v) is 14.8. The molecule has 44 heavy (non-hydrogen) atoms. The van der Waals surface area contributed by atoms with Gasteiger partial charge in [0.25, 0.3) is 0 Å². The molecule has 2 saturated heterocycles. The normalized spacial score (nSPS) is 17.7. The minimum Gasteiger partial charge on any atom is -0.363 e. The molecule has 228 valence electrons. The highest BCUT2D eigenvalue weighted by atomic mass is 19.1. The van der Waals surface area contributed by atoms with Gasteiger partial charge in [-0.25, -0.2) is 28.7 Å². The fourth-order valence-electron chi connectivity index (χ4n) is 6.01. The molecule has 0 aromatic carbocycles. The summed E-state index contributed by atoms with van der Waals surface area (Å²) in [7, 11) is 4.18. The smallest absolute Gasteiger partial charge is 0.236 e. The van der Waals surface area contributed by atoms with E-state index in [2.05, 4.69) is 49.1 Å². The molecule has 4 aromatic heterocycles. The fraction of sp³-hybridized carbons (Fsp3) is 0.419. The van der Waals surface area contributed by atoms with Crippen molar-refractivity contribution in [2.45, 2.75) is 44.2 Å². The van der Waals surface area contributed by atoms with Gasteiger partial charge in [-0.3, -0.25) is 9.20 Å². The molecular formula is C31H34F2N10O. The zero-order valence-corrected chi connectivity index (χ0v) is 24.7. The molecular weight excluding hydrogens is 566 g/mol. The SMILES string of the molecule is CN(C)C1CCN(c2cc(-c3nc(-c4cnc5ccc(F)cn45)nc(NC4CCCN(C(=O)CC#N)C4)c3F)ccn2)CC1. The van der Waals surface area contributed by atoms with Crippen LogP contribution in [0.4, 0.5) is 20.4 Å². The molecule has 0 bridgehead atoms. The second-order valence-corrected chi connectivity index (χ2v) is 11.5. The zero-order valence-electron chi connectivity index (χ0n) is 24.7. The van der Waals surface area contributed by atoms with Crippen molar-refractivity contribution in [3.63, 3.8) is 0 Å². The third-order valence-corrected chi connectivity index (χ3v) is 8.43. The molecule has 0 aliphatic carbocycles. The van der Waals surface area contributed by atoms with Crippen molar-refractivity contribution in [1.29, 1.82) is 5.26 Å². The van der Waals surface area contributed by atoms with Crippen LogP contribution in [-0.4, -0.2) is 92.4 Å². The molecule has 2 aliphatic heterocycles. The number of likely N-dealkylation sites (tertiary alicyclic amines) is 1. The number of hydrogen-bond acceptors (Lipinski definition) is 9. The topological polar surface area (TPSA) is 119 Å². The molecule has 0 radical (unpaired) electrons. The number of amides is 1. The number of nitrogens with one attached hydrogen (secondary N) is 1. The lowest BCUT2D eigenvalue weighted by Crippen LogP contribution is -2.45. The molecule has 11 nitrogen and oxygen atoms in total. The quantitative estimate of drug-likeness (QED) is 0.336. The minimum atomic E-state index is -0.641. The van der Waals surface area contributed by atoms with E-state index < -0.39 is 11.6 Å². The van der Waals surface area contributed by atoms with Gasteiger partial charge in [0.1, 0.15) is 35.1 Å². The van der Waals surface area contributed by atoms with Gasteiger partial charge in [-0.1, -0.05) is 0 Å². The summed E-state index contributed by atoms with van der Waals surface area (Å²) in [6.45, 7) is 2.53. The summed E-state index contributed by atoms with van der Waals surface area (Å²) in [5.74, 6) is -0.474. The van der Waals surface area contributed by atoms with Crippen molar-refractivity contribution in [2.75, 3.05) is 50.5 Å². The number of nitriles is 1. The van der Waals surface area contributed by atoms with E-state index in [1.165, 1.54) is 22.9 Å². The number of pyridine rings is 2. The summed E-state index contributed by atoms with van der Waals surface area (Å²) in [6, 6.07) is 8.54. The van der Waals surface area contributed by atoms with E-state index in [-0.39, 0.29) is 35.7 Å². The lowest BCUT2D eigenvalue weighted by atomic mass is 10.0. The Bertz CT molecular complexity index is 1710. The summed E-state index contributed by atoms with van der Waals surface area (Å²) in [5.41, 5.74) is 1.50. The highest BCUT2D eigenvalue weighted by Gasteiger charge is 2.27. The number of carbonyl (C=O) groups is 1. The number of halogens is 2. The van der Waals surface area contributed by atoms with Crippen LogP contribution in [0.1, 0.15) is 32.1 Å². The molecule has 6 rings (SSSR count). The average Bonchev–Trinajstić information content (AvgIpc) is 3.45. The van der Waals surface area contributed by atoms with Gasteiger partial charge in [0, 0.05) is 56.2 Å². The Kier molecular flexibility index (Phi) is 8.34. The lowest BCUT2D eigenvalue weighted by Gasteiger charge is -2.35. The van der Waals surface area contributed by atoms with E-state index in [1.54, 1.807) is 23.2 Å². The Morgan fingerprint density at radius 3 is 2.70 bits per heavy atom. The first-order chi connectivity index (χ1) is 21.3. The Labute approximate surface area is 254 Å². The molecule has 0 spiro atoms. The Morgan fingerprint density at radius 1 is 1.11 bits per heavy atom. The Morgan fingerprint density at radius 2 is 1.93 bits per heavy atom. The van der Waals surface area contributed by atoms with Crippen LogP contribution in [0.5, 0.6) is 0 Å². The van der Waals surface area contributed by atoms with Crippen LogP contribution in [-0.2, 0) is 4.79 Å². The van der Waals surface area contributed by atoms with Crippen LogP contribution in [0.3, 0.4) is 0 Å². The van der Waals surface area contributed by atoms with Gasteiger partial charge >= 0.3 is 0 Å². The van der Waals surface area contributed by atoms with E-state index in [9.17, 15) is 9.18 Å². The molecule has 6 heterocycles. The van der Waals surface area contributed by atoms with Gasteiger partial charge in [-0.15, -0.1) is 0 Å². The number of anilines is 2. The number of piperidine rings is 2. The maximum Gasteiger partial charge on any atom is 0.236 e. The van der Waals surface area contributed by atoms with Crippen molar-refractivity contribution < 1.29 is 13.6 Å². The van der Waals surface area contributed by atoms with Gasteiger partial charge in [-0.05, 0) is 64.0 Å². The number of hydrogen-bond donors (Lipinski definition) is 1. The fourth-order valence-corrected chi connectivity index (χ4v) is 6.01. The number of carbonyl (C=O) groups excluding carboxylic acids is 1. The van der Waals surface area contributed by atoms with Crippen molar-refractivity contribution >= 4 is 23.2 Å². The first-order valence-electron chi connectivity index (χ1n) is 14.8. The molecule has 13 heteroatoms. The van der Waals surface area contributed by atoms with Crippen LogP contribution in [0, 0.1) is 23.0 Å². The highest BCUT2D eigenvalue weighted by molar-refractivity contribution is 5.78. The van der Waals surface area contributed by atoms with Gasteiger partial charge in [0.15, 0.2) is 17.5 Å². The van der Waals surface area contributed by atoms with Crippen LogP contribution >= 0.6 is 0 Å². The van der Waals surface area contributed by atoms with Gasteiger partial charge in [0.05, 0.1) is 12.3 Å². The molecule has 1 N–H and O–H groups in total. The molecule has 2 fully saturated rings. The van der Waals surface area contributed by atoms with Crippen molar-refractivity contribution in [2.24, 2.45) is 0 Å². The standard InChI is InChI=1S/C31H34F2N10O/c1-40(2)23-9-14-41(15-10-23)26-16-20(8-12-35-26)29-28(33)31(37-22-4-3-13-42(19-22)27(44)7-11-34)39-30(38-29)24-17-36-25-6-5-21(32)18-43(24)25/h5-6,8,12,16-18,22-23H,3-4,7,9-10,13-15,19H2,1-2H3,(H,37,38,39). The average molecular weight is 601 g/mol. The summed E-state index contributed by atoms with van der Waals surface area (Å²) in [4.78, 5) is 36.6. The van der Waals surface area contributed by atoms with E-state index in [4.69, 9.17) is 5.26 Å². The van der Waals surface area contributed by atoms with Crippen LogP contribution < -0.4 is 10.2 Å². The molecule has 2 aliphatic rings. The summed E-state index contributed by atoms with van der Waals surface area (Å²) in [6.07, 6.45) is 7.66. The third-order valence-electron chi connectivity index (χ3n) is 8.43. The molecule has 4 aromatic rings. The van der Waals surface area contributed by atoms with Gasteiger partial charge in [-0.2, -0.15) is 5.26 Å². The first kappa shape index (κ1) is 29.4. The van der Waals surface area contributed by atoms with Crippen molar-refractivity contribution in [1.82, 2.24) is 34.1 Å². The summed E-state index contributed by atoms with van der Waals surface area (Å²) >= 11 is 0. The molecule has 0 saturated carbocycles. The minimum absolute atomic E-state index is 0.0268. The molecule has 1 unspecified atom stereocenters. The predicted molar refractivity (Wildman–Crippen MR) is 162 cm³/mol. The maximum atomic E-state index is 16.4. The van der Waals surface area contributed by atoms with Crippen LogP contribution in [0.15, 0.2) is 42.9 Å². The second-order valence-electron chi connectivity index (χ2n) is 11.5. The maximum absolute atomic E-state index is 16.4. The molecule has 1 atom stereocenters. The predicted octanol–water partition coefficient (Wildman–Crippen LogP) is 3.98. The largest absolute Gasteiger partial charge is 0.363 e. The second kappa shape index (κ2) is 12.5. The van der Waals surface area contributed by atoms with E-state index in [0.29, 0.717) is 48.9 Å². The number of aromatic nitrogens is 5. The monoisotopic (exact) mass is 600 g/mol. The highest BCUT2D eigenvalue weighted by Crippen LogP contribution is 2.32. The van der Waals surface area contributed by atoms with E-state index in [1.807, 2.05) is 12.1 Å². The molecule has 1 amide bonds. The Balaban J connectivity index is 1.38. The number of fused-ring (bicyclic) bond motifs is 1. The van der Waals surface area contributed by atoms with Crippen molar-refractivity contribution in [3.05, 3.63) is 54.5 Å². The summed E-state index contributed by atoms with van der Waals surface area (Å²) in [5, 5.41) is 12.2. The van der Waals surface area contributed by atoms with Gasteiger partial charge < -0.3 is 20.0 Å².